The van der Waals surface area contributed by atoms with E-state index in [-0.39, 0.29) is 5.22 Å². The molecule has 0 saturated carbocycles. The Morgan fingerprint density at radius 1 is 0.857 bits per heavy atom. The fourth-order valence-electron chi connectivity index (χ4n) is 5.76. The predicted octanol–water partition coefficient (Wildman–Crippen LogP) is 6.32. The van der Waals surface area contributed by atoms with Crippen LogP contribution in [-0.4, -0.2) is 21.3 Å². The monoisotopic (exact) mass is 655 g/mol. The van der Waals surface area contributed by atoms with Crippen LogP contribution in [0.25, 0.3) is 5.82 Å². The van der Waals surface area contributed by atoms with Crippen LogP contribution < -0.4 is 20.6 Å². The lowest BCUT2D eigenvalue weighted by atomic mass is 9.77. The molecule has 5 aromatic rings. The standard InChI is InChI=1S/C33H24BrCl2N5O/c34-26-18-27-29-31(30(26)36)37-21-38-32(29)40(20-28(35)42-27)19-25-16-17-41(39-25)33(22-10-4-1-5-11-22,23-12-6-2-7-13-23)24-14-8-3-9-15-24/h1-18,20,38H,19,21H2. The molecule has 2 aliphatic heterocycles. The minimum absolute atomic E-state index is 0.224. The largest absolute Gasteiger partial charge is 0.443 e. The van der Waals surface area contributed by atoms with Crippen LogP contribution in [0.3, 0.4) is 0 Å². The van der Waals surface area contributed by atoms with Crippen LogP contribution in [0, 0.1) is 0 Å². The lowest BCUT2D eigenvalue weighted by molar-refractivity contribution is 0.424. The number of nitrogens with one attached hydrogen (secondary N) is 1. The first-order chi connectivity index (χ1) is 20.6. The van der Waals surface area contributed by atoms with E-state index in [0.717, 1.165) is 33.4 Å². The van der Waals surface area contributed by atoms with Gasteiger partial charge in [-0.3, -0.25) is 9.67 Å². The molecule has 0 fully saturated rings. The maximum Gasteiger partial charge on any atom is 0.210 e. The van der Waals surface area contributed by atoms with Crippen LogP contribution >= 0.6 is 39.1 Å². The van der Waals surface area contributed by atoms with Crippen LogP contribution in [0.2, 0.25) is 5.02 Å². The summed E-state index contributed by atoms with van der Waals surface area (Å²) >= 11 is 16.7. The molecule has 0 atom stereocenters. The van der Waals surface area contributed by atoms with Gasteiger partial charge in [-0.05, 0) is 56.4 Å². The van der Waals surface area contributed by atoms with Gasteiger partial charge in [0.2, 0.25) is 5.22 Å². The fraction of sp³-hybridized carbons (Fsp3) is 0.0909. The summed E-state index contributed by atoms with van der Waals surface area (Å²) in [6, 6.07) is 35.3. The van der Waals surface area contributed by atoms with Crippen molar-refractivity contribution in [3.05, 3.63) is 163 Å². The van der Waals surface area contributed by atoms with Gasteiger partial charge in [0, 0.05) is 10.7 Å². The van der Waals surface area contributed by atoms with Gasteiger partial charge in [-0.1, -0.05) is 103 Å². The van der Waals surface area contributed by atoms with Crippen molar-refractivity contribution in [3.63, 3.8) is 0 Å². The van der Waals surface area contributed by atoms with E-state index in [1.54, 1.807) is 6.20 Å². The predicted molar refractivity (Wildman–Crippen MR) is 168 cm³/mol. The molecule has 0 radical (unpaired) electrons. The Morgan fingerprint density at radius 2 is 1.45 bits per heavy atom. The molecule has 208 valence electrons. The number of rotatable bonds is 6. The molecule has 2 aliphatic rings. The summed E-state index contributed by atoms with van der Waals surface area (Å²) in [4.78, 5) is 6.60. The molecule has 0 spiro atoms. The summed E-state index contributed by atoms with van der Waals surface area (Å²) in [6.45, 7) is 0.795. The molecule has 0 bridgehead atoms. The average Bonchev–Trinajstić information content (AvgIpc) is 3.44. The molecule has 0 amide bonds. The van der Waals surface area contributed by atoms with Crippen LogP contribution in [0.15, 0.2) is 130 Å². The van der Waals surface area contributed by atoms with Crippen LogP contribution in [0.5, 0.6) is 5.75 Å². The topological polar surface area (TPSA) is 54.7 Å². The van der Waals surface area contributed by atoms with Crippen molar-refractivity contribution in [2.24, 2.45) is 4.99 Å². The summed E-state index contributed by atoms with van der Waals surface area (Å²) in [6.07, 6.45) is 3.81. The second-order valence-corrected chi connectivity index (χ2v) is 11.6. The van der Waals surface area contributed by atoms with Crippen molar-refractivity contribution in [2.75, 3.05) is 6.67 Å². The molecule has 0 unspecified atom stereocenters. The molecule has 6 nitrogen and oxygen atoms in total. The van der Waals surface area contributed by atoms with Gasteiger partial charge in [0.05, 0.1) is 34.0 Å². The Bertz CT molecular complexity index is 1830. The zero-order valence-corrected chi connectivity index (χ0v) is 25.3. The van der Waals surface area contributed by atoms with Gasteiger partial charge >= 0.3 is 0 Å². The van der Waals surface area contributed by atoms with Crippen LogP contribution in [0.1, 0.15) is 22.4 Å². The second-order valence-electron chi connectivity index (χ2n) is 9.96. The first-order valence-electron chi connectivity index (χ1n) is 13.4. The van der Waals surface area contributed by atoms with Gasteiger partial charge in [0.1, 0.15) is 23.8 Å². The number of benzene rings is 4. The van der Waals surface area contributed by atoms with E-state index in [0.29, 0.717) is 33.8 Å². The Hall–Kier alpha value is -4.04. The van der Waals surface area contributed by atoms with E-state index in [1.165, 1.54) is 0 Å². The number of hydrogen-bond acceptors (Lipinski definition) is 5. The SMILES string of the molecule is ClC1=CN(Cc2ccn(C(c3ccccc3)(c3ccccc3)c3ccccc3)n2)C2=c3c(cc(Br)c(Cl)c3=NCN2)O1. The Balaban J connectivity index is 1.39. The first kappa shape index (κ1) is 26.8. The second kappa shape index (κ2) is 11.0. The van der Waals surface area contributed by atoms with Crippen molar-refractivity contribution >= 4 is 45.0 Å². The Kier molecular flexibility index (Phi) is 7.02. The normalized spacial score (nSPS) is 14.2. The molecular formula is C33H24BrCl2N5O. The number of halogens is 3. The van der Waals surface area contributed by atoms with Gasteiger partial charge in [-0.2, -0.15) is 5.10 Å². The highest BCUT2D eigenvalue weighted by Gasteiger charge is 2.39. The van der Waals surface area contributed by atoms with Gasteiger partial charge < -0.3 is 15.0 Å². The molecule has 1 aromatic heterocycles. The van der Waals surface area contributed by atoms with Gasteiger partial charge in [0.25, 0.3) is 0 Å². The minimum Gasteiger partial charge on any atom is -0.443 e. The Labute approximate surface area is 261 Å². The molecule has 42 heavy (non-hydrogen) atoms. The number of aromatic nitrogens is 2. The number of ether oxygens (including phenoxy) is 1. The molecule has 9 heteroatoms. The fourth-order valence-corrected chi connectivity index (χ4v) is 6.57. The minimum atomic E-state index is -0.702. The molecule has 0 saturated heterocycles. The summed E-state index contributed by atoms with van der Waals surface area (Å²) in [7, 11) is 0. The molecule has 4 aromatic carbocycles. The van der Waals surface area contributed by atoms with Crippen molar-refractivity contribution in [2.45, 2.75) is 12.1 Å². The smallest absolute Gasteiger partial charge is 0.210 e. The maximum atomic E-state index is 6.63. The summed E-state index contributed by atoms with van der Waals surface area (Å²) in [5, 5.41) is 10.8. The zero-order chi connectivity index (χ0) is 28.7. The molecule has 1 N–H and O–H groups in total. The maximum absolute atomic E-state index is 6.63. The van der Waals surface area contributed by atoms with E-state index < -0.39 is 5.54 Å². The molecule has 0 aliphatic carbocycles. The highest BCUT2D eigenvalue weighted by Crippen LogP contribution is 2.40. The molecule has 7 rings (SSSR count). The van der Waals surface area contributed by atoms with Crippen LogP contribution in [0.4, 0.5) is 0 Å². The Morgan fingerprint density at radius 3 is 2.05 bits per heavy atom. The first-order valence-corrected chi connectivity index (χ1v) is 14.9. The molecular weight excluding hydrogens is 633 g/mol. The van der Waals surface area contributed by atoms with Crippen molar-refractivity contribution < 1.29 is 4.74 Å². The highest BCUT2D eigenvalue weighted by molar-refractivity contribution is 9.10. The van der Waals surface area contributed by atoms with Gasteiger partial charge in [-0.25, -0.2) is 0 Å². The lowest BCUT2D eigenvalue weighted by Gasteiger charge is -2.36. The quantitative estimate of drug-likeness (QED) is 0.218. The van der Waals surface area contributed by atoms with E-state index >= 15 is 0 Å². The summed E-state index contributed by atoms with van der Waals surface area (Å²) in [5.41, 5.74) is 3.45. The lowest BCUT2D eigenvalue weighted by Crippen LogP contribution is -2.43. The third kappa shape index (κ3) is 4.49. The summed E-state index contributed by atoms with van der Waals surface area (Å²) in [5.74, 6) is 1.37. The third-order valence-electron chi connectivity index (χ3n) is 7.53. The van der Waals surface area contributed by atoms with E-state index in [9.17, 15) is 0 Å². The van der Waals surface area contributed by atoms with E-state index in [2.05, 4.69) is 104 Å². The van der Waals surface area contributed by atoms with Crippen molar-refractivity contribution in [1.82, 2.24) is 20.0 Å². The number of hydrogen-bond donors (Lipinski definition) is 1. The number of nitrogens with zero attached hydrogens (tertiary/aromatic N) is 4. The van der Waals surface area contributed by atoms with Crippen molar-refractivity contribution in [3.8, 4) is 5.75 Å². The van der Waals surface area contributed by atoms with Gasteiger partial charge in [0.15, 0.2) is 0 Å². The van der Waals surface area contributed by atoms with Crippen LogP contribution in [-0.2, 0) is 12.1 Å². The summed E-state index contributed by atoms with van der Waals surface area (Å²) < 4.78 is 8.74. The zero-order valence-electron chi connectivity index (χ0n) is 22.2. The van der Waals surface area contributed by atoms with E-state index in [4.69, 9.17) is 33.0 Å². The van der Waals surface area contributed by atoms with Crippen molar-refractivity contribution in [1.29, 1.82) is 0 Å². The van der Waals surface area contributed by atoms with Gasteiger partial charge in [-0.15, -0.1) is 0 Å². The highest BCUT2D eigenvalue weighted by atomic mass is 79.9. The van der Waals surface area contributed by atoms with E-state index in [1.807, 2.05) is 41.4 Å². The molecule has 3 heterocycles. The average molecular weight is 657 g/mol. The third-order valence-corrected chi connectivity index (χ3v) is 8.94.